The predicted octanol–water partition coefficient (Wildman–Crippen LogP) is -0.0753. The summed E-state index contributed by atoms with van der Waals surface area (Å²) in [4.78, 5) is 27.4. The average molecular weight is 225 g/mol. The van der Waals surface area contributed by atoms with Gasteiger partial charge in [-0.2, -0.15) is 4.98 Å². The van der Waals surface area contributed by atoms with Gasteiger partial charge in [-0.3, -0.25) is 9.59 Å². The third-order valence-corrected chi connectivity index (χ3v) is 2.43. The van der Waals surface area contributed by atoms with Crippen LogP contribution in [0.2, 0.25) is 0 Å². The molecule has 1 aromatic rings. The summed E-state index contributed by atoms with van der Waals surface area (Å²) in [6, 6.07) is 0. The second kappa shape index (κ2) is 3.92. The van der Waals surface area contributed by atoms with Crippen LogP contribution in [-0.4, -0.2) is 45.1 Å². The zero-order chi connectivity index (χ0) is 11.7. The van der Waals surface area contributed by atoms with Gasteiger partial charge in [0.2, 0.25) is 5.89 Å². The maximum Gasteiger partial charge on any atom is 0.303 e. The highest BCUT2D eigenvalue weighted by Gasteiger charge is 2.34. The van der Waals surface area contributed by atoms with Crippen molar-refractivity contribution in [3.8, 4) is 0 Å². The monoisotopic (exact) mass is 225 g/mol. The molecule has 7 nitrogen and oxygen atoms in total. The number of carboxylic acids is 1. The SMILES string of the molecule is Cc1nc(C(=O)N2CC(CC(=O)O)C2)no1. The summed E-state index contributed by atoms with van der Waals surface area (Å²) in [6.45, 7) is 2.49. The first-order valence-electron chi connectivity index (χ1n) is 4.87. The van der Waals surface area contributed by atoms with Crippen LogP contribution in [0.4, 0.5) is 0 Å². The molecule has 1 aliphatic heterocycles. The van der Waals surface area contributed by atoms with E-state index in [1.165, 1.54) is 4.90 Å². The summed E-state index contributed by atoms with van der Waals surface area (Å²) in [5.74, 6) is -0.738. The molecule has 0 aromatic carbocycles. The minimum atomic E-state index is -0.840. The normalized spacial score (nSPS) is 15.9. The molecule has 86 valence electrons. The number of nitrogens with zero attached hydrogens (tertiary/aromatic N) is 3. The van der Waals surface area contributed by atoms with E-state index in [-0.39, 0.29) is 24.1 Å². The fraction of sp³-hybridized carbons (Fsp3) is 0.556. The molecule has 16 heavy (non-hydrogen) atoms. The fourth-order valence-electron chi connectivity index (χ4n) is 1.64. The van der Waals surface area contributed by atoms with E-state index in [0.717, 1.165) is 0 Å². The molecular formula is C9H11N3O4. The molecule has 2 rings (SSSR count). The number of hydrogen-bond acceptors (Lipinski definition) is 5. The zero-order valence-corrected chi connectivity index (χ0v) is 8.71. The largest absolute Gasteiger partial charge is 0.481 e. The quantitative estimate of drug-likeness (QED) is 0.773. The van der Waals surface area contributed by atoms with Crippen LogP contribution in [0.15, 0.2) is 4.52 Å². The van der Waals surface area contributed by atoms with E-state index in [4.69, 9.17) is 9.63 Å². The Labute approximate surface area is 91.0 Å². The van der Waals surface area contributed by atoms with Crippen molar-refractivity contribution < 1.29 is 19.2 Å². The van der Waals surface area contributed by atoms with Crippen molar-refractivity contribution in [2.45, 2.75) is 13.3 Å². The van der Waals surface area contributed by atoms with Crippen LogP contribution in [-0.2, 0) is 4.79 Å². The van der Waals surface area contributed by atoms with Crippen molar-refractivity contribution in [3.05, 3.63) is 11.7 Å². The molecule has 0 aliphatic carbocycles. The Bertz CT molecular complexity index is 422. The van der Waals surface area contributed by atoms with Gasteiger partial charge in [-0.1, -0.05) is 5.16 Å². The minimum absolute atomic E-state index is 0.0336. The predicted molar refractivity (Wildman–Crippen MR) is 50.7 cm³/mol. The van der Waals surface area contributed by atoms with E-state index in [1.807, 2.05) is 0 Å². The highest BCUT2D eigenvalue weighted by atomic mass is 16.5. The number of rotatable bonds is 3. The molecule has 0 spiro atoms. The molecular weight excluding hydrogens is 214 g/mol. The van der Waals surface area contributed by atoms with Crippen molar-refractivity contribution in [2.75, 3.05) is 13.1 Å². The molecule has 2 heterocycles. The number of amides is 1. The number of carboxylic acid groups (broad SMARTS) is 1. The van der Waals surface area contributed by atoms with Crippen LogP contribution in [0, 0.1) is 12.8 Å². The first-order chi connectivity index (χ1) is 7.56. The fourth-order valence-corrected chi connectivity index (χ4v) is 1.64. The maximum atomic E-state index is 11.7. The number of carbonyl (C=O) groups is 2. The number of likely N-dealkylation sites (tertiary alicyclic amines) is 1. The van der Waals surface area contributed by atoms with Crippen molar-refractivity contribution in [2.24, 2.45) is 5.92 Å². The molecule has 0 radical (unpaired) electrons. The summed E-state index contributed by atoms with van der Waals surface area (Å²) >= 11 is 0. The Morgan fingerprint density at radius 2 is 2.25 bits per heavy atom. The van der Waals surface area contributed by atoms with Crippen molar-refractivity contribution in [3.63, 3.8) is 0 Å². The number of hydrogen-bond donors (Lipinski definition) is 1. The topological polar surface area (TPSA) is 96.5 Å². The van der Waals surface area contributed by atoms with E-state index in [9.17, 15) is 9.59 Å². The Balaban J connectivity index is 1.88. The number of aliphatic carboxylic acids is 1. The highest BCUT2D eigenvalue weighted by Crippen LogP contribution is 2.20. The van der Waals surface area contributed by atoms with Crippen molar-refractivity contribution in [1.29, 1.82) is 0 Å². The highest BCUT2D eigenvalue weighted by molar-refractivity contribution is 5.91. The van der Waals surface area contributed by atoms with Crippen LogP contribution in [0.1, 0.15) is 22.9 Å². The van der Waals surface area contributed by atoms with Gasteiger partial charge in [0.15, 0.2) is 0 Å². The summed E-state index contributed by atoms with van der Waals surface area (Å²) in [7, 11) is 0. The van der Waals surface area contributed by atoms with Crippen LogP contribution in [0.25, 0.3) is 0 Å². The van der Waals surface area contributed by atoms with E-state index >= 15 is 0 Å². The van der Waals surface area contributed by atoms with Crippen molar-refractivity contribution in [1.82, 2.24) is 15.0 Å². The summed E-state index contributed by atoms with van der Waals surface area (Å²) < 4.78 is 4.69. The molecule has 0 atom stereocenters. The summed E-state index contributed by atoms with van der Waals surface area (Å²) in [5, 5.41) is 12.1. The lowest BCUT2D eigenvalue weighted by atomic mass is 9.96. The minimum Gasteiger partial charge on any atom is -0.481 e. The van der Waals surface area contributed by atoms with Crippen molar-refractivity contribution >= 4 is 11.9 Å². The van der Waals surface area contributed by atoms with Gasteiger partial charge in [-0.25, -0.2) is 0 Å². The second-order valence-corrected chi connectivity index (χ2v) is 3.81. The molecule has 1 fully saturated rings. The third kappa shape index (κ3) is 2.02. The van der Waals surface area contributed by atoms with Crippen LogP contribution in [0.5, 0.6) is 0 Å². The maximum absolute atomic E-state index is 11.7. The molecule has 1 N–H and O–H groups in total. The lowest BCUT2D eigenvalue weighted by molar-refractivity contribution is -0.139. The Morgan fingerprint density at radius 3 is 2.75 bits per heavy atom. The first kappa shape index (κ1) is 10.6. The lowest BCUT2D eigenvalue weighted by Gasteiger charge is -2.37. The van der Waals surface area contributed by atoms with Gasteiger partial charge in [0.25, 0.3) is 11.7 Å². The van der Waals surface area contributed by atoms with Gasteiger partial charge in [0, 0.05) is 25.9 Å². The Kier molecular flexibility index (Phi) is 2.59. The molecule has 0 bridgehead atoms. The third-order valence-electron chi connectivity index (χ3n) is 2.43. The van der Waals surface area contributed by atoms with Gasteiger partial charge in [0.05, 0.1) is 6.42 Å². The van der Waals surface area contributed by atoms with Gasteiger partial charge in [-0.05, 0) is 0 Å². The zero-order valence-electron chi connectivity index (χ0n) is 8.71. The Hall–Kier alpha value is -1.92. The molecule has 7 heteroatoms. The summed E-state index contributed by atoms with van der Waals surface area (Å²) in [5.41, 5.74) is 0. The van der Waals surface area contributed by atoms with Crippen LogP contribution >= 0.6 is 0 Å². The van der Waals surface area contributed by atoms with Gasteiger partial charge in [0.1, 0.15) is 0 Å². The number of aryl methyl sites for hydroxylation is 1. The van der Waals surface area contributed by atoms with E-state index in [2.05, 4.69) is 10.1 Å². The number of aromatic nitrogens is 2. The van der Waals surface area contributed by atoms with E-state index in [0.29, 0.717) is 19.0 Å². The standard InChI is InChI=1S/C9H11N3O4/c1-5-10-8(11-16-5)9(15)12-3-6(4-12)2-7(13)14/h6H,2-4H2,1H3,(H,13,14). The molecule has 1 aromatic heterocycles. The Morgan fingerprint density at radius 1 is 1.56 bits per heavy atom. The van der Waals surface area contributed by atoms with Gasteiger partial charge >= 0.3 is 5.97 Å². The molecule has 1 saturated heterocycles. The molecule has 1 amide bonds. The number of carbonyl (C=O) groups excluding carboxylic acids is 1. The molecule has 0 saturated carbocycles. The first-order valence-corrected chi connectivity index (χ1v) is 4.87. The van der Waals surface area contributed by atoms with E-state index in [1.54, 1.807) is 6.92 Å². The van der Waals surface area contributed by atoms with Crippen LogP contribution in [0.3, 0.4) is 0 Å². The lowest BCUT2D eigenvalue weighted by Crippen LogP contribution is -2.50. The molecule has 1 aliphatic rings. The van der Waals surface area contributed by atoms with Crippen LogP contribution < -0.4 is 0 Å². The van der Waals surface area contributed by atoms with E-state index < -0.39 is 5.97 Å². The summed E-state index contributed by atoms with van der Waals surface area (Å²) in [6.07, 6.45) is 0.0923. The van der Waals surface area contributed by atoms with Gasteiger partial charge in [-0.15, -0.1) is 0 Å². The smallest absolute Gasteiger partial charge is 0.303 e. The second-order valence-electron chi connectivity index (χ2n) is 3.81. The van der Waals surface area contributed by atoms with Gasteiger partial charge < -0.3 is 14.5 Å². The molecule has 0 unspecified atom stereocenters. The average Bonchev–Trinajstić information content (AvgIpc) is 2.56.